The summed E-state index contributed by atoms with van der Waals surface area (Å²) in [6.45, 7) is 3.33. The Morgan fingerprint density at radius 2 is 2.06 bits per heavy atom. The van der Waals surface area contributed by atoms with Crippen LogP contribution in [0.2, 0.25) is 0 Å². The number of aryl methyl sites for hydroxylation is 2. The third kappa shape index (κ3) is 2.70. The van der Waals surface area contributed by atoms with Crippen LogP contribution in [0, 0.1) is 0 Å². The van der Waals surface area contributed by atoms with Crippen molar-refractivity contribution >= 4 is 0 Å². The average molecular weight is 230 g/mol. The third-order valence-corrected chi connectivity index (χ3v) is 4.07. The number of benzene rings is 1. The van der Waals surface area contributed by atoms with Gasteiger partial charge in [-0.05, 0) is 55.3 Å². The summed E-state index contributed by atoms with van der Waals surface area (Å²) in [5.41, 5.74) is 4.64. The van der Waals surface area contributed by atoms with Crippen molar-refractivity contribution in [2.45, 2.75) is 44.7 Å². The first kappa shape index (κ1) is 11.2. The Morgan fingerprint density at radius 1 is 1.18 bits per heavy atom. The summed E-state index contributed by atoms with van der Waals surface area (Å²) in [5, 5.41) is 7.04. The van der Waals surface area contributed by atoms with Crippen molar-refractivity contribution in [3.63, 3.8) is 0 Å². The molecular formula is C15H22N2. The molecule has 1 aliphatic heterocycles. The fraction of sp³-hybridized carbons (Fsp3) is 0.600. The predicted octanol–water partition coefficient (Wildman–Crippen LogP) is 2.02. The maximum atomic E-state index is 3.64. The van der Waals surface area contributed by atoms with E-state index in [-0.39, 0.29) is 0 Å². The molecule has 0 spiro atoms. The molecule has 92 valence electrons. The minimum atomic E-state index is 0.672. The zero-order valence-corrected chi connectivity index (χ0v) is 10.5. The van der Waals surface area contributed by atoms with Crippen molar-refractivity contribution in [2.75, 3.05) is 13.1 Å². The maximum Gasteiger partial charge on any atom is 0.0208 e. The summed E-state index contributed by atoms with van der Waals surface area (Å²) in [6, 6.07) is 7.74. The van der Waals surface area contributed by atoms with Crippen LogP contribution < -0.4 is 10.6 Å². The summed E-state index contributed by atoms with van der Waals surface area (Å²) in [5.74, 6) is 0. The third-order valence-electron chi connectivity index (χ3n) is 4.07. The van der Waals surface area contributed by atoms with Gasteiger partial charge in [-0.1, -0.05) is 18.2 Å². The molecule has 1 aliphatic carbocycles. The van der Waals surface area contributed by atoms with Gasteiger partial charge in [0, 0.05) is 19.1 Å². The van der Waals surface area contributed by atoms with Crippen molar-refractivity contribution in [1.82, 2.24) is 10.6 Å². The molecule has 0 bridgehead atoms. The Hall–Kier alpha value is -0.860. The van der Waals surface area contributed by atoms with E-state index in [2.05, 4.69) is 28.8 Å². The van der Waals surface area contributed by atoms with E-state index in [0.717, 1.165) is 13.1 Å². The van der Waals surface area contributed by atoms with Crippen LogP contribution in [0.3, 0.4) is 0 Å². The largest absolute Gasteiger partial charge is 0.315 e. The summed E-state index contributed by atoms with van der Waals surface area (Å²) >= 11 is 0. The molecule has 0 radical (unpaired) electrons. The molecule has 2 heteroatoms. The van der Waals surface area contributed by atoms with Gasteiger partial charge in [0.1, 0.15) is 0 Å². The highest BCUT2D eigenvalue weighted by Gasteiger charge is 2.14. The zero-order valence-electron chi connectivity index (χ0n) is 10.5. The quantitative estimate of drug-likeness (QED) is 0.830. The standard InChI is InChI=1S/C15H22N2/c1-2-4-14-9-12(5-6-13(14)3-1)10-17-15-7-8-16-11-15/h5-6,9,15-17H,1-4,7-8,10-11H2. The fourth-order valence-corrected chi connectivity index (χ4v) is 2.99. The van der Waals surface area contributed by atoms with Gasteiger partial charge in [0.05, 0.1) is 0 Å². The lowest BCUT2D eigenvalue weighted by atomic mass is 9.90. The highest BCUT2D eigenvalue weighted by molar-refractivity contribution is 5.33. The fourth-order valence-electron chi connectivity index (χ4n) is 2.99. The molecular weight excluding hydrogens is 208 g/mol. The van der Waals surface area contributed by atoms with Gasteiger partial charge in [-0.15, -0.1) is 0 Å². The van der Waals surface area contributed by atoms with Gasteiger partial charge in [0.25, 0.3) is 0 Å². The maximum absolute atomic E-state index is 3.64. The first-order valence-electron chi connectivity index (χ1n) is 6.96. The zero-order chi connectivity index (χ0) is 11.5. The lowest BCUT2D eigenvalue weighted by Gasteiger charge is -2.17. The van der Waals surface area contributed by atoms with E-state index < -0.39 is 0 Å². The normalized spacial score (nSPS) is 23.6. The Bertz CT molecular complexity index is 381. The minimum Gasteiger partial charge on any atom is -0.315 e. The molecule has 1 fully saturated rings. The van der Waals surface area contributed by atoms with E-state index in [1.54, 1.807) is 11.1 Å². The molecule has 1 saturated heterocycles. The average Bonchev–Trinajstić information content (AvgIpc) is 2.89. The SMILES string of the molecule is c1cc2c(cc1CNC1CCNC1)CCCC2. The minimum absolute atomic E-state index is 0.672. The molecule has 1 aromatic carbocycles. The smallest absolute Gasteiger partial charge is 0.0208 e. The number of hydrogen-bond donors (Lipinski definition) is 2. The van der Waals surface area contributed by atoms with Crippen molar-refractivity contribution < 1.29 is 0 Å². The Balaban J connectivity index is 1.62. The van der Waals surface area contributed by atoms with Gasteiger partial charge in [-0.2, -0.15) is 0 Å². The number of hydrogen-bond acceptors (Lipinski definition) is 2. The molecule has 1 heterocycles. The highest BCUT2D eigenvalue weighted by atomic mass is 15.0. The lowest BCUT2D eigenvalue weighted by Crippen LogP contribution is -2.30. The molecule has 1 atom stereocenters. The van der Waals surface area contributed by atoms with Crippen LogP contribution in [0.5, 0.6) is 0 Å². The first-order valence-corrected chi connectivity index (χ1v) is 6.96. The molecule has 1 aromatic rings. The van der Waals surface area contributed by atoms with Gasteiger partial charge in [-0.25, -0.2) is 0 Å². The Kier molecular flexibility index (Phi) is 3.44. The van der Waals surface area contributed by atoms with Crippen LogP contribution in [0.1, 0.15) is 36.0 Å². The van der Waals surface area contributed by atoms with Crippen LogP contribution in [-0.2, 0) is 19.4 Å². The van der Waals surface area contributed by atoms with Crippen LogP contribution >= 0.6 is 0 Å². The van der Waals surface area contributed by atoms with E-state index >= 15 is 0 Å². The molecule has 0 aromatic heterocycles. The van der Waals surface area contributed by atoms with Crippen LogP contribution in [-0.4, -0.2) is 19.1 Å². The van der Waals surface area contributed by atoms with Gasteiger partial charge in [0.15, 0.2) is 0 Å². The van der Waals surface area contributed by atoms with Crippen molar-refractivity contribution in [3.05, 3.63) is 34.9 Å². The van der Waals surface area contributed by atoms with Gasteiger partial charge in [-0.3, -0.25) is 0 Å². The Morgan fingerprint density at radius 3 is 2.88 bits per heavy atom. The van der Waals surface area contributed by atoms with E-state index in [1.807, 2.05) is 0 Å². The van der Waals surface area contributed by atoms with E-state index in [4.69, 9.17) is 0 Å². The topological polar surface area (TPSA) is 24.1 Å². The van der Waals surface area contributed by atoms with Crippen molar-refractivity contribution in [1.29, 1.82) is 0 Å². The molecule has 2 nitrogen and oxygen atoms in total. The number of fused-ring (bicyclic) bond motifs is 1. The highest BCUT2D eigenvalue weighted by Crippen LogP contribution is 2.22. The summed E-state index contributed by atoms with van der Waals surface area (Å²) in [4.78, 5) is 0. The number of nitrogens with one attached hydrogen (secondary N) is 2. The summed E-state index contributed by atoms with van der Waals surface area (Å²) in [6.07, 6.45) is 6.59. The van der Waals surface area contributed by atoms with Gasteiger partial charge >= 0.3 is 0 Å². The second-order valence-electron chi connectivity index (χ2n) is 5.38. The second kappa shape index (κ2) is 5.19. The Labute approximate surface area is 104 Å². The number of rotatable bonds is 3. The van der Waals surface area contributed by atoms with E-state index in [0.29, 0.717) is 6.04 Å². The second-order valence-corrected chi connectivity index (χ2v) is 5.38. The monoisotopic (exact) mass is 230 g/mol. The molecule has 0 saturated carbocycles. The van der Waals surface area contributed by atoms with E-state index in [1.165, 1.54) is 44.2 Å². The van der Waals surface area contributed by atoms with E-state index in [9.17, 15) is 0 Å². The van der Waals surface area contributed by atoms with Crippen LogP contribution in [0.4, 0.5) is 0 Å². The van der Waals surface area contributed by atoms with Crippen LogP contribution in [0.25, 0.3) is 0 Å². The van der Waals surface area contributed by atoms with Crippen LogP contribution in [0.15, 0.2) is 18.2 Å². The van der Waals surface area contributed by atoms with Gasteiger partial charge in [0.2, 0.25) is 0 Å². The molecule has 1 unspecified atom stereocenters. The molecule has 2 aliphatic rings. The predicted molar refractivity (Wildman–Crippen MR) is 71.2 cm³/mol. The lowest BCUT2D eigenvalue weighted by molar-refractivity contribution is 0.546. The van der Waals surface area contributed by atoms with Crippen molar-refractivity contribution in [3.8, 4) is 0 Å². The summed E-state index contributed by atoms with van der Waals surface area (Å²) in [7, 11) is 0. The van der Waals surface area contributed by atoms with Gasteiger partial charge < -0.3 is 10.6 Å². The molecule has 0 amide bonds. The molecule has 17 heavy (non-hydrogen) atoms. The first-order chi connectivity index (χ1) is 8.42. The molecule has 3 rings (SSSR count). The van der Waals surface area contributed by atoms with Crippen molar-refractivity contribution in [2.24, 2.45) is 0 Å². The molecule has 2 N–H and O–H groups in total. The summed E-state index contributed by atoms with van der Waals surface area (Å²) < 4.78 is 0.